The number of Topliss-reactive ketones (excluding diaryl/α,β-unsaturated/α-hetero) is 1. The largest absolute Gasteiger partial charge is 0.489 e. The Kier molecular flexibility index (Phi) is 4.99. The fourth-order valence-corrected chi connectivity index (χ4v) is 3.00. The van der Waals surface area contributed by atoms with Gasteiger partial charge in [0.1, 0.15) is 18.1 Å². The fourth-order valence-electron chi connectivity index (χ4n) is 2.43. The van der Waals surface area contributed by atoms with Crippen LogP contribution in [0.4, 0.5) is 0 Å². The molecule has 2 unspecified atom stereocenters. The summed E-state index contributed by atoms with van der Waals surface area (Å²) >= 11 is 2.16. The average molecular weight is 372 g/mol. The quantitative estimate of drug-likeness (QED) is 0.760. The first kappa shape index (κ1) is 14.5. The van der Waals surface area contributed by atoms with E-state index in [1.807, 2.05) is 35.3 Å². The van der Waals surface area contributed by atoms with Gasteiger partial charge in [-0.1, -0.05) is 47.7 Å². The van der Waals surface area contributed by atoms with Crippen molar-refractivity contribution in [1.82, 2.24) is 0 Å². The first-order chi connectivity index (χ1) is 9.22. The van der Waals surface area contributed by atoms with Gasteiger partial charge in [-0.15, -0.1) is 0 Å². The van der Waals surface area contributed by atoms with Gasteiger partial charge in [0.25, 0.3) is 0 Å². The lowest BCUT2D eigenvalue weighted by molar-refractivity contribution is -0.125. The van der Waals surface area contributed by atoms with Crippen molar-refractivity contribution >= 4 is 28.4 Å². The molecule has 0 radical (unpaired) electrons. The first-order valence-electron chi connectivity index (χ1n) is 6.29. The standard InChI is InChI=1S/C15H17IO3/c1-3-12(17)14-10(8-16)9-19-13-7-5-4-6-11(13)15(14)18-2/h4-8,14-15H,3,9H2,1-2H3/b10-8+. The summed E-state index contributed by atoms with van der Waals surface area (Å²) in [5.41, 5.74) is 1.93. The van der Waals surface area contributed by atoms with Crippen LogP contribution >= 0.6 is 22.6 Å². The average Bonchev–Trinajstić information content (AvgIpc) is 2.62. The van der Waals surface area contributed by atoms with Crippen molar-refractivity contribution in [3.05, 3.63) is 39.5 Å². The van der Waals surface area contributed by atoms with E-state index in [2.05, 4.69) is 22.6 Å². The Bertz CT molecular complexity index is 496. The van der Waals surface area contributed by atoms with E-state index in [4.69, 9.17) is 9.47 Å². The molecule has 1 aromatic carbocycles. The molecule has 1 aliphatic heterocycles. The number of rotatable bonds is 3. The van der Waals surface area contributed by atoms with Crippen molar-refractivity contribution in [3.8, 4) is 5.75 Å². The maximum absolute atomic E-state index is 12.3. The SMILES string of the molecule is CCC(=O)C1/C(=C/I)COc2ccccc2C1OC. The minimum atomic E-state index is -0.271. The van der Waals surface area contributed by atoms with E-state index in [9.17, 15) is 4.79 Å². The van der Waals surface area contributed by atoms with Gasteiger partial charge in [0.05, 0.1) is 12.0 Å². The van der Waals surface area contributed by atoms with Crippen LogP contribution in [0.5, 0.6) is 5.75 Å². The molecular formula is C15H17IO3. The van der Waals surface area contributed by atoms with Gasteiger partial charge in [-0.25, -0.2) is 0 Å². The molecule has 0 spiro atoms. The number of halogens is 1. The molecule has 1 heterocycles. The Morgan fingerprint density at radius 2 is 2.26 bits per heavy atom. The number of carbonyl (C=O) groups is 1. The summed E-state index contributed by atoms with van der Waals surface area (Å²) in [7, 11) is 1.65. The highest BCUT2D eigenvalue weighted by molar-refractivity contribution is 14.1. The van der Waals surface area contributed by atoms with Gasteiger partial charge in [-0.05, 0) is 15.7 Å². The van der Waals surface area contributed by atoms with E-state index in [-0.39, 0.29) is 17.8 Å². The fraction of sp³-hybridized carbons (Fsp3) is 0.400. The van der Waals surface area contributed by atoms with Gasteiger partial charge in [0.2, 0.25) is 0 Å². The molecule has 0 saturated carbocycles. The van der Waals surface area contributed by atoms with Crippen molar-refractivity contribution in [2.24, 2.45) is 5.92 Å². The van der Waals surface area contributed by atoms with Gasteiger partial charge in [0, 0.05) is 19.1 Å². The summed E-state index contributed by atoms with van der Waals surface area (Å²) in [5, 5.41) is 0. The van der Waals surface area contributed by atoms with E-state index in [0.29, 0.717) is 13.0 Å². The van der Waals surface area contributed by atoms with Crippen LogP contribution in [0.15, 0.2) is 33.9 Å². The summed E-state index contributed by atoms with van der Waals surface area (Å²) in [5.74, 6) is 0.738. The molecule has 0 fully saturated rings. The first-order valence-corrected chi connectivity index (χ1v) is 7.53. The van der Waals surface area contributed by atoms with Crippen LogP contribution in [0, 0.1) is 5.92 Å². The number of hydrogen-bond donors (Lipinski definition) is 0. The zero-order valence-corrected chi connectivity index (χ0v) is 13.2. The molecule has 4 heteroatoms. The highest BCUT2D eigenvalue weighted by Gasteiger charge is 2.35. The maximum Gasteiger partial charge on any atom is 0.142 e. The number of para-hydroxylation sites is 1. The normalized spacial score (nSPS) is 24.5. The van der Waals surface area contributed by atoms with Crippen LogP contribution < -0.4 is 4.74 Å². The molecule has 102 valence electrons. The molecule has 0 aliphatic carbocycles. The molecule has 0 amide bonds. The minimum Gasteiger partial charge on any atom is -0.489 e. The van der Waals surface area contributed by atoms with Crippen LogP contribution in [0.3, 0.4) is 0 Å². The van der Waals surface area contributed by atoms with Crippen LogP contribution in [-0.2, 0) is 9.53 Å². The highest BCUT2D eigenvalue weighted by Crippen LogP contribution is 2.40. The predicted molar refractivity (Wildman–Crippen MR) is 82.6 cm³/mol. The molecular weight excluding hydrogens is 355 g/mol. The Labute approximate surface area is 127 Å². The zero-order chi connectivity index (χ0) is 13.8. The van der Waals surface area contributed by atoms with Crippen molar-refractivity contribution < 1.29 is 14.3 Å². The van der Waals surface area contributed by atoms with Crippen molar-refractivity contribution in [2.75, 3.05) is 13.7 Å². The number of carbonyl (C=O) groups excluding carboxylic acids is 1. The smallest absolute Gasteiger partial charge is 0.142 e. The Morgan fingerprint density at radius 1 is 1.53 bits per heavy atom. The second-order valence-corrected chi connectivity index (χ2v) is 5.09. The van der Waals surface area contributed by atoms with Gasteiger partial charge in [-0.3, -0.25) is 4.79 Å². The Morgan fingerprint density at radius 3 is 2.89 bits per heavy atom. The molecule has 2 rings (SSSR count). The monoisotopic (exact) mass is 372 g/mol. The third kappa shape index (κ3) is 2.84. The zero-order valence-electron chi connectivity index (χ0n) is 11.1. The van der Waals surface area contributed by atoms with E-state index >= 15 is 0 Å². The number of methoxy groups -OCH3 is 1. The second kappa shape index (κ2) is 6.52. The Balaban J connectivity index is 2.52. The third-order valence-electron chi connectivity index (χ3n) is 3.41. The highest BCUT2D eigenvalue weighted by atomic mass is 127. The summed E-state index contributed by atoms with van der Waals surface area (Å²) in [6.45, 7) is 2.33. The van der Waals surface area contributed by atoms with Crippen LogP contribution in [0.1, 0.15) is 25.0 Å². The molecule has 0 aromatic heterocycles. The lowest BCUT2D eigenvalue weighted by Crippen LogP contribution is -2.25. The van der Waals surface area contributed by atoms with E-state index in [1.165, 1.54) is 0 Å². The van der Waals surface area contributed by atoms with E-state index < -0.39 is 0 Å². The lowest BCUT2D eigenvalue weighted by atomic mass is 9.86. The molecule has 0 saturated heterocycles. The third-order valence-corrected chi connectivity index (χ3v) is 4.21. The van der Waals surface area contributed by atoms with Gasteiger partial charge in [0.15, 0.2) is 0 Å². The summed E-state index contributed by atoms with van der Waals surface area (Å²) in [4.78, 5) is 12.3. The van der Waals surface area contributed by atoms with Crippen LogP contribution in [0.2, 0.25) is 0 Å². The Hall–Kier alpha value is -0.880. The van der Waals surface area contributed by atoms with Gasteiger partial charge < -0.3 is 9.47 Å². The summed E-state index contributed by atoms with van der Waals surface area (Å²) < 4.78 is 13.4. The number of ketones is 1. The number of hydrogen-bond acceptors (Lipinski definition) is 3. The van der Waals surface area contributed by atoms with Crippen molar-refractivity contribution in [2.45, 2.75) is 19.4 Å². The molecule has 1 aromatic rings. The van der Waals surface area contributed by atoms with Crippen LogP contribution in [0.25, 0.3) is 0 Å². The number of fused-ring (bicyclic) bond motifs is 1. The van der Waals surface area contributed by atoms with E-state index in [0.717, 1.165) is 16.9 Å². The van der Waals surface area contributed by atoms with Crippen molar-refractivity contribution in [1.29, 1.82) is 0 Å². The summed E-state index contributed by atoms with van der Waals surface area (Å²) in [6.07, 6.45) is 0.230. The summed E-state index contributed by atoms with van der Waals surface area (Å²) in [6, 6.07) is 7.77. The van der Waals surface area contributed by atoms with Crippen LogP contribution in [-0.4, -0.2) is 19.5 Å². The molecule has 0 N–H and O–H groups in total. The topological polar surface area (TPSA) is 35.5 Å². The molecule has 0 bridgehead atoms. The van der Waals surface area contributed by atoms with E-state index in [1.54, 1.807) is 7.11 Å². The van der Waals surface area contributed by atoms with Gasteiger partial charge >= 0.3 is 0 Å². The molecule has 1 aliphatic rings. The molecule has 19 heavy (non-hydrogen) atoms. The molecule has 3 nitrogen and oxygen atoms in total. The number of ether oxygens (including phenoxy) is 2. The lowest BCUT2D eigenvalue weighted by Gasteiger charge is -2.24. The molecule has 2 atom stereocenters. The minimum absolute atomic E-state index is 0.190. The van der Waals surface area contributed by atoms with Crippen molar-refractivity contribution in [3.63, 3.8) is 0 Å². The van der Waals surface area contributed by atoms with Gasteiger partial charge in [-0.2, -0.15) is 0 Å². The predicted octanol–water partition coefficient (Wildman–Crippen LogP) is 3.68. The second-order valence-electron chi connectivity index (χ2n) is 4.46. The number of benzene rings is 1. The maximum atomic E-state index is 12.3.